The lowest BCUT2D eigenvalue weighted by atomic mass is 10.2. The van der Waals surface area contributed by atoms with Crippen LogP contribution in [0.15, 0.2) is 18.2 Å². The summed E-state index contributed by atoms with van der Waals surface area (Å²) in [4.78, 5) is 11.6. The molecule has 18 heavy (non-hydrogen) atoms. The zero-order valence-electron chi connectivity index (χ0n) is 10.7. The molecule has 0 saturated heterocycles. The number of nitrogens with two attached hydrogens (primary N) is 1. The van der Waals surface area contributed by atoms with Crippen LogP contribution in [0.25, 0.3) is 0 Å². The molecule has 0 aliphatic rings. The topological polar surface area (TPSA) is 55.1 Å². The average molecular weight is 270 g/mol. The van der Waals surface area contributed by atoms with Gasteiger partial charge in [-0.15, -0.1) is 0 Å². The zero-order valence-corrected chi connectivity index (χ0v) is 11.5. The van der Waals surface area contributed by atoms with Crippen molar-refractivity contribution in [3.8, 4) is 0 Å². The number of benzene rings is 1. The number of nitrogen functional groups attached to an aromatic ring is 1. The summed E-state index contributed by atoms with van der Waals surface area (Å²) < 4.78 is 12.8. The molecule has 0 fully saturated rings. The third kappa shape index (κ3) is 5.40. The largest absolute Gasteiger partial charge is 0.397 e. The number of nitrogens with one attached hydrogen (secondary N) is 1. The second kappa shape index (κ2) is 7.26. The molecular formula is C13H19FN2OS. The van der Waals surface area contributed by atoms with Gasteiger partial charge in [-0.25, -0.2) is 4.39 Å². The van der Waals surface area contributed by atoms with Gasteiger partial charge in [0.2, 0.25) is 5.91 Å². The number of amides is 1. The zero-order chi connectivity index (χ0) is 13.5. The normalized spacial score (nSPS) is 10.7. The van der Waals surface area contributed by atoms with E-state index in [1.54, 1.807) is 0 Å². The number of thioether (sulfide) groups is 1. The van der Waals surface area contributed by atoms with E-state index < -0.39 is 5.82 Å². The molecule has 0 bridgehead atoms. The summed E-state index contributed by atoms with van der Waals surface area (Å²) in [5.74, 6) is 0.473. The van der Waals surface area contributed by atoms with E-state index in [0.717, 1.165) is 12.2 Å². The molecule has 100 valence electrons. The van der Waals surface area contributed by atoms with Crippen molar-refractivity contribution in [2.24, 2.45) is 0 Å². The molecule has 0 spiro atoms. The first-order chi connectivity index (χ1) is 8.49. The van der Waals surface area contributed by atoms with Crippen molar-refractivity contribution in [1.29, 1.82) is 0 Å². The van der Waals surface area contributed by atoms with E-state index in [1.807, 2.05) is 11.8 Å². The second-order valence-electron chi connectivity index (χ2n) is 4.30. The Balaban J connectivity index is 2.35. The third-order valence-corrected chi connectivity index (χ3v) is 3.48. The Hall–Kier alpha value is -1.23. The fraction of sp³-hybridized carbons (Fsp3) is 0.462. The lowest BCUT2D eigenvalue weighted by Gasteiger charge is -2.08. The predicted molar refractivity (Wildman–Crippen MR) is 76.3 cm³/mol. The number of hydrogen-bond donors (Lipinski definition) is 2. The molecule has 1 amide bonds. The van der Waals surface area contributed by atoms with Crippen LogP contribution in [0.1, 0.15) is 26.7 Å². The molecule has 3 nitrogen and oxygen atoms in total. The van der Waals surface area contributed by atoms with Crippen molar-refractivity contribution in [1.82, 2.24) is 0 Å². The molecule has 0 aliphatic carbocycles. The summed E-state index contributed by atoms with van der Waals surface area (Å²) in [6.07, 6.45) is 1.28. The maximum atomic E-state index is 12.8. The van der Waals surface area contributed by atoms with Gasteiger partial charge >= 0.3 is 0 Å². The number of carbonyl (C=O) groups excluding carboxylic acids is 1. The summed E-state index contributed by atoms with van der Waals surface area (Å²) in [7, 11) is 0. The first-order valence-corrected chi connectivity index (χ1v) is 7.00. The van der Waals surface area contributed by atoms with E-state index in [-0.39, 0.29) is 11.6 Å². The van der Waals surface area contributed by atoms with E-state index in [4.69, 9.17) is 5.73 Å². The Morgan fingerprint density at radius 2 is 2.22 bits per heavy atom. The van der Waals surface area contributed by atoms with Gasteiger partial charge in [-0.3, -0.25) is 4.79 Å². The summed E-state index contributed by atoms with van der Waals surface area (Å²) in [5.41, 5.74) is 6.33. The maximum Gasteiger partial charge on any atom is 0.224 e. The molecule has 0 aliphatic heterocycles. The first-order valence-electron chi connectivity index (χ1n) is 5.95. The molecule has 0 aromatic heterocycles. The Kier molecular flexibility index (Phi) is 5.98. The minimum Gasteiger partial charge on any atom is -0.397 e. The highest BCUT2D eigenvalue weighted by Crippen LogP contribution is 2.19. The standard InChI is InChI=1S/C13H19FN2OS/c1-9(2)18-7-3-4-13(17)16-12-6-5-10(14)8-11(12)15/h5-6,8-9H,3-4,7,15H2,1-2H3,(H,16,17). The van der Waals surface area contributed by atoms with E-state index in [1.165, 1.54) is 18.2 Å². The second-order valence-corrected chi connectivity index (χ2v) is 5.99. The van der Waals surface area contributed by atoms with Gasteiger partial charge in [0.1, 0.15) is 5.82 Å². The molecule has 1 aromatic rings. The molecular weight excluding hydrogens is 251 g/mol. The highest BCUT2D eigenvalue weighted by Gasteiger charge is 2.06. The van der Waals surface area contributed by atoms with Crippen LogP contribution in [0.3, 0.4) is 0 Å². The van der Waals surface area contributed by atoms with Gasteiger partial charge in [-0.05, 0) is 35.6 Å². The molecule has 1 rings (SSSR count). The molecule has 5 heteroatoms. The van der Waals surface area contributed by atoms with Crippen molar-refractivity contribution in [2.75, 3.05) is 16.8 Å². The minimum atomic E-state index is -0.404. The van der Waals surface area contributed by atoms with E-state index in [2.05, 4.69) is 19.2 Å². The van der Waals surface area contributed by atoms with Crippen molar-refractivity contribution < 1.29 is 9.18 Å². The van der Waals surface area contributed by atoms with Crippen LogP contribution >= 0.6 is 11.8 Å². The lowest BCUT2D eigenvalue weighted by Crippen LogP contribution is -2.13. The van der Waals surface area contributed by atoms with Crippen LogP contribution in [0, 0.1) is 5.82 Å². The molecule has 0 unspecified atom stereocenters. The highest BCUT2D eigenvalue weighted by atomic mass is 32.2. The van der Waals surface area contributed by atoms with E-state index in [9.17, 15) is 9.18 Å². The predicted octanol–water partition coefficient (Wildman–Crippen LogP) is 3.27. The van der Waals surface area contributed by atoms with Crippen LogP contribution in [-0.4, -0.2) is 16.9 Å². The molecule has 1 aromatic carbocycles. The average Bonchev–Trinajstić information content (AvgIpc) is 2.28. The Labute approximate surface area is 111 Å². The quantitative estimate of drug-likeness (QED) is 0.616. The third-order valence-electron chi connectivity index (χ3n) is 2.29. The Morgan fingerprint density at radius 3 is 2.83 bits per heavy atom. The Morgan fingerprint density at radius 1 is 1.50 bits per heavy atom. The number of anilines is 2. The molecule has 0 radical (unpaired) electrons. The van der Waals surface area contributed by atoms with Gasteiger partial charge in [0, 0.05) is 6.42 Å². The monoisotopic (exact) mass is 270 g/mol. The summed E-state index contributed by atoms with van der Waals surface area (Å²) in [6.45, 7) is 4.26. The minimum absolute atomic E-state index is 0.0855. The van der Waals surface area contributed by atoms with Gasteiger partial charge in [0.15, 0.2) is 0 Å². The number of halogens is 1. The molecule has 0 atom stereocenters. The number of rotatable bonds is 6. The molecule has 0 saturated carbocycles. The van der Waals surface area contributed by atoms with Crippen LogP contribution in [-0.2, 0) is 4.79 Å². The van der Waals surface area contributed by atoms with E-state index in [0.29, 0.717) is 17.4 Å². The fourth-order valence-electron chi connectivity index (χ4n) is 1.41. The fourth-order valence-corrected chi connectivity index (χ4v) is 2.19. The molecule has 0 heterocycles. The smallest absolute Gasteiger partial charge is 0.224 e. The summed E-state index contributed by atoms with van der Waals surface area (Å²) in [5, 5.41) is 3.27. The number of hydrogen-bond acceptors (Lipinski definition) is 3. The number of carbonyl (C=O) groups is 1. The Bertz CT molecular complexity index is 410. The van der Waals surface area contributed by atoms with Crippen LogP contribution < -0.4 is 11.1 Å². The van der Waals surface area contributed by atoms with Crippen LogP contribution in [0.5, 0.6) is 0 Å². The first kappa shape index (κ1) is 14.8. The van der Waals surface area contributed by atoms with Crippen molar-refractivity contribution in [3.63, 3.8) is 0 Å². The summed E-state index contributed by atoms with van der Waals surface area (Å²) >= 11 is 1.83. The summed E-state index contributed by atoms with van der Waals surface area (Å²) in [6, 6.07) is 3.95. The van der Waals surface area contributed by atoms with Crippen LogP contribution in [0.4, 0.5) is 15.8 Å². The molecule has 3 N–H and O–H groups in total. The van der Waals surface area contributed by atoms with E-state index >= 15 is 0 Å². The van der Waals surface area contributed by atoms with Gasteiger partial charge < -0.3 is 11.1 Å². The maximum absolute atomic E-state index is 12.8. The van der Waals surface area contributed by atoms with Gasteiger partial charge in [0.05, 0.1) is 11.4 Å². The van der Waals surface area contributed by atoms with Crippen LogP contribution in [0.2, 0.25) is 0 Å². The highest BCUT2D eigenvalue weighted by molar-refractivity contribution is 7.99. The van der Waals surface area contributed by atoms with Crippen molar-refractivity contribution in [2.45, 2.75) is 31.9 Å². The van der Waals surface area contributed by atoms with Gasteiger partial charge in [0.25, 0.3) is 0 Å². The van der Waals surface area contributed by atoms with Gasteiger partial charge in [-0.1, -0.05) is 13.8 Å². The lowest BCUT2D eigenvalue weighted by molar-refractivity contribution is -0.116. The SMILES string of the molecule is CC(C)SCCCC(=O)Nc1ccc(F)cc1N. The van der Waals surface area contributed by atoms with Gasteiger partial charge in [-0.2, -0.15) is 11.8 Å². The van der Waals surface area contributed by atoms with Crippen molar-refractivity contribution in [3.05, 3.63) is 24.0 Å². The van der Waals surface area contributed by atoms with Crippen molar-refractivity contribution >= 4 is 29.0 Å².